The number of hydrogen-bond acceptors (Lipinski definition) is 7. The molecule has 0 N–H and O–H groups in total. The number of amides is 1. The molecule has 0 saturated carbocycles. The van der Waals surface area contributed by atoms with Gasteiger partial charge in [-0.2, -0.15) is 0 Å². The van der Waals surface area contributed by atoms with E-state index in [1.54, 1.807) is 18.9 Å². The number of Topliss-reactive ketones (excluding diaryl/α,β-unsaturated/α-hetero) is 1. The van der Waals surface area contributed by atoms with Crippen LogP contribution in [0.4, 0.5) is 11.4 Å². The van der Waals surface area contributed by atoms with Crippen LogP contribution >= 0.6 is 233 Å². The Balaban J connectivity index is 0.000000357. The number of carbonyl (C=O) groups is 2. The molecule has 18 atom stereocenters. The van der Waals surface area contributed by atoms with Crippen molar-refractivity contribution in [2.75, 3.05) is 7.11 Å². The van der Waals surface area contributed by atoms with Gasteiger partial charge in [0.15, 0.2) is 5.78 Å². The van der Waals surface area contributed by atoms with E-state index in [2.05, 4.69) is 134 Å². The fourth-order valence-electron chi connectivity index (χ4n) is 5.51. The Kier molecular flexibility index (Phi) is 36.9. The van der Waals surface area contributed by atoms with Crippen LogP contribution in [0.5, 0.6) is 5.75 Å². The molecule has 0 aliphatic carbocycles. The number of methoxy groups -OCH3 is 1. The van der Waals surface area contributed by atoms with Crippen LogP contribution in [0.15, 0.2) is 54.6 Å². The first kappa shape index (κ1) is 69.0. The molecule has 3 aromatic carbocycles. The van der Waals surface area contributed by atoms with E-state index in [-0.39, 0.29) is 114 Å². The number of benzene rings is 3. The van der Waals surface area contributed by atoms with Gasteiger partial charge in [-0.15, -0.1) is 134 Å². The van der Waals surface area contributed by atoms with Crippen molar-refractivity contribution >= 4 is 256 Å². The smallest absolute Gasteiger partial charge is 0.269 e. The van der Waals surface area contributed by atoms with E-state index >= 15 is 0 Å². The first-order chi connectivity index (χ1) is 30.2. The maximum absolute atomic E-state index is 12.5. The molecule has 362 valence electrons. The Morgan fingerprint density at radius 3 is 1.54 bits per heavy atom. The van der Waals surface area contributed by atoms with Crippen LogP contribution in [-0.2, 0) is 13.1 Å². The molecule has 65 heavy (non-hydrogen) atoms. The highest BCUT2D eigenvalue weighted by atomic mass is 33.5. The van der Waals surface area contributed by atoms with E-state index in [1.165, 1.54) is 43.3 Å². The zero-order valence-electron chi connectivity index (χ0n) is 35.3. The number of ketones is 1. The Hall–Kier alpha value is 7.87. The maximum atomic E-state index is 12.5. The van der Waals surface area contributed by atoms with E-state index in [4.69, 9.17) is 4.74 Å². The summed E-state index contributed by atoms with van der Waals surface area (Å²) in [6, 6.07) is 14.4. The summed E-state index contributed by atoms with van der Waals surface area (Å²) in [5.41, 5.74) is 4.41. The predicted molar refractivity (Wildman–Crippen MR) is 376 cm³/mol. The molecule has 0 fully saturated rings. The summed E-state index contributed by atoms with van der Waals surface area (Å²) in [5, 5.41) is 21.2. The third kappa shape index (κ3) is 21.8. The number of aryl methyl sites for hydroxylation is 2. The molecular formula is C26H56N3O7P29. The third-order valence-corrected chi connectivity index (χ3v) is 199. The molecule has 3 aromatic rings. The molecule has 0 radical (unpaired) electrons. The van der Waals surface area contributed by atoms with Gasteiger partial charge in [0.1, 0.15) is 5.75 Å². The highest BCUT2D eigenvalue weighted by molar-refractivity contribution is 9.43. The molecule has 4 rings (SSSR count). The molecule has 0 aromatic heterocycles. The second kappa shape index (κ2) is 34.8. The summed E-state index contributed by atoms with van der Waals surface area (Å²) in [7, 11) is 51.8. The number of nitro groups is 2. The van der Waals surface area contributed by atoms with Gasteiger partial charge in [0.25, 0.3) is 17.3 Å². The Morgan fingerprint density at radius 1 is 0.677 bits per heavy atom. The van der Waals surface area contributed by atoms with Gasteiger partial charge < -0.3 is 9.64 Å². The van der Waals surface area contributed by atoms with E-state index in [0.717, 1.165) is 24.8 Å². The number of hydrogen-bond donors (Lipinski definition) is 0. The summed E-state index contributed by atoms with van der Waals surface area (Å²) < 4.78 is 5.37. The average molecular weight is 1420 g/mol. The van der Waals surface area contributed by atoms with Crippen molar-refractivity contribution in [2.24, 2.45) is 0 Å². The molecule has 39 heteroatoms. The van der Waals surface area contributed by atoms with Crippen LogP contribution in [0, 0.1) is 34.1 Å². The molecule has 0 bridgehead atoms. The predicted octanol–water partition coefficient (Wildman–Crippen LogP) is 21.8. The van der Waals surface area contributed by atoms with Crippen molar-refractivity contribution in [1.29, 1.82) is 0 Å². The SMILES string of the molecule is CC(=O)c1ccc([N+](=O)[O-])cc1C.COc1cc(C)ccc1CN1Cc2cc([N+](=O)[O-])ccc2C1=O.PPP(P(P)P)P(P(P(P)P)P(P)P)P(P(P(P)P)P(P)P)P(P(P)P)P(P)P. The lowest BCUT2D eigenvalue weighted by atomic mass is 10.1. The standard InChI is InChI=1S/C17H16N2O4.C9H9NO3.H31P29/c1-11-3-4-12(16(7-11)23-2)9-18-10-13-8-14(19(21)22)5-6-15(13)17(18)20;1-6-5-8(10(12)13)3-4-9(6)7(2)11;1-16-24(17(2)3)28(25(18(4)5)19(6)7)29(26(20(8)9)21(10)11)27(22(12)13)23(14)15/h3-8H,9-10H2,1-2H3;3-5H,1-2H3;16H,1-15H2. The van der Waals surface area contributed by atoms with Crippen molar-refractivity contribution in [2.45, 2.75) is 33.9 Å². The lowest BCUT2D eigenvalue weighted by molar-refractivity contribution is -0.385. The first-order valence-electron chi connectivity index (χ1n) is 17.5. The normalized spacial score (nSPS) is 13.9. The van der Waals surface area contributed by atoms with Gasteiger partial charge in [-0.25, -0.2) is 0 Å². The Bertz CT molecular complexity index is 2050. The zero-order valence-corrected chi connectivity index (χ0v) is 65.2. The van der Waals surface area contributed by atoms with Crippen LogP contribution in [0.3, 0.4) is 0 Å². The quantitative estimate of drug-likeness (QED) is 0.0505. The molecule has 18 unspecified atom stereocenters. The van der Waals surface area contributed by atoms with E-state index < -0.39 is 9.85 Å². The highest BCUT2D eigenvalue weighted by Gasteiger charge is 2.49. The lowest BCUT2D eigenvalue weighted by Gasteiger charge is -2.51. The minimum absolute atomic E-state index is 0.00585. The summed E-state index contributed by atoms with van der Waals surface area (Å²) in [4.78, 5) is 45.4. The zero-order chi connectivity index (χ0) is 49.8. The first-order valence-corrected chi connectivity index (χ1v) is 69.7. The second-order valence-electron chi connectivity index (χ2n) is 12.8. The van der Waals surface area contributed by atoms with Crippen LogP contribution in [0.1, 0.15) is 49.9 Å². The largest absolute Gasteiger partial charge is 0.496 e. The Labute approximate surface area is 435 Å². The number of nitro benzene ring substituents is 2. The number of ether oxygens (including phenoxy) is 1. The van der Waals surface area contributed by atoms with Gasteiger partial charge in [-0.05, 0) is 146 Å². The number of fused-ring (bicyclic) bond motifs is 1. The molecule has 1 aliphatic rings. The van der Waals surface area contributed by atoms with E-state index in [1.807, 2.05) is 25.1 Å². The molecule has 0 saturated heterocycles. The minimum atomic E-state index is -0.475. The lowest BCUT2D eigenvalue weighted by Crippen LogP contribution is -2.23. The van der Waals surface area contributed by atoms with Gasteiger partial charge >= 0.3 is 0 Å². The van der Waals surface area contributed by atoms with Gasteiger partial charge in [-0.1, -0.05) is 20.1 Å². The number of carbonyl (C=O) groups excluding carboxylic acids is 2. The third-order valence-electron chi connectivity index (χ3n) is 8.17. The Morgan fingerprint density at radius 2 is 1.14 bits per heavy atom. The second-order valence-corrected chi connectivity index (χ2v) is 128. The number of non-ortho nitro benzene ring substituents is 2. The van der Waals surface area contributed by atoms with Crippen molar-refractivity contribution in [3.05, 3.63) is 108 Å². The molecule has 1 heterocycles. The fourth-order valence-corrected chi connectivity index (χ4v) is 383. The van der Waals surface area contributed by atoms with Gasteiger partial charge in [0.05, 0.1) is 17.0 Å². The monoisotopic (exact) mass is 1420 g/mol. The number of rotatable bonds is 19. The topological polar surface area (TPSA) is 133 Å². The number of nitrogens with zero attached hydrogens (tertiary/aromatic N) is 3. The van der Waals surface area contributed by atoms with Crippen LogP contribution < -0.4 is 4.74 Å². The summed E-state index contributed by atoms with van der Waals surface area (Å²) in [6.45, 7) is 6.05. The molecule has 10 nitrogen and oxygen atoms in total. The van der Waals surface area contributed by atoms with Gasteiger partial charge in [-0.3, -0.25) is 29.8 Å². The molecule has 0 spiro atoms. The maximum Gasteiger partial charge on any atom is 0.269 e. The molecule has 1 amide bonds. The molecular weight excluding hydrogens is 1360 g/mol. The van der Waals surface area contributed by atoms with Gasteiger partial charge in [0, 0.05) is 54.0 Å². The van der Waals surface area contributed by atoms with Crippen molar-refractivity contribution in [3.8, 4) is 5.75 Å². The summed E-state index contributed by atoms with van der Waals surface area (Å²) in [5.74, 6) is 0.546. The van der Waals surface area contributed by atoms with Crippen molar-refractivity contribution in [3.63, 3.8) is 0 Å². The average Bonchev–Trinajstić information content (AvgIpc) is 3.50. The van der Waals surface area contributed by atoms with Crippen LogP contribution in [0.2, 0.25) is 0 Å². The van der Waals surface area contributed by atoms with Crippen molar-refractivity contribution < 1.29 is 24.2 Å². The van der Waals surface area contributed by atoms with Crippen molar-refractivity contribution in [1.82, 2.24) is 4.90 Å². The van der Waals surface area contributed by atoms with E-state index in [9.17, 15) is 29.8 Å². The van der Waals surface area contributed by atoms with Gasteiger partial charge in [0.2, 0.25) is 0 Å². The molecule has 1 aliphatic heterocycles. The van der Waals surface area contributed by atoms with Crippen LogP contribution in [0.25, 0.3) is 0 Å². The van der Waals surface area contributed by atoms with E-state index in [0.29, 0.717) is 35.3 Å². The highest BCUT2D eigenvalue weighted by Crippen LogP contribution is 3.37. The summed E-state index contributed by atoms with van der Waals surface area (Å²) >= 11 is 0. The summed E-state index contributed by atoms with van der Waals surface area (Å²) in [6.07, 6.45) is 0. The minimum Gasteiger partial charge on any atom is -0.496 e. The van der Waals surface area contributed by atoms with Crippen LogP contribution in [-0.4, -0.2) is 33.5 Å². The fraction of sp³-hybridized carbons (Fsp3) is 0.231.